The van der Waals surface area contributed by atoms with Crippen molar-refractivity contribution in [1.82, 2.24) is 9.62 Å². The number of hydrogen-bond donors (Lipinski definition) is 1. The predicted octanol–water partition coefficient (Wildman–Crippen LogP) is 1.86. The second-order valence-electron chi connectivity index (χ2n) is 5.44. The zero-order chi connectivity index (χ0) is 16.9. The lowest BCUT2D eigenvalue weighted by Gasteiger charge is -2.24. The molecule has 1 aromatic rings. The van der Waals surface area contributed by atoms with Crippen molar-refractivity contribution >= 4 is 10.0 Å². The lowest BCUT2D eigenvalue weighted by Crippen LogP contribution is -2.40. The Morgan fingerprint density at radius 3 is 2.57 bits per heavy atom. The van der Waals surface area contributed by atoms with Crippen LogP contribution in [0.25, 0.3) is 0 Å². The molecule has 0 amide bonds. The van der Waals surface area contributed by atoms with Crippen LogP contribution < -0.4 is 14.8 Å². The number of rotatable bonds is 8. The molecule has 0 aliphatic carbocycles. The Morgan fingerprint density at radius 1 is 1.22 bits per heavy atom. The van der Waals surface area contributed by atoms with Gasteiger partial charge in [0.05, 0.1) is 18.1 Å². The topological polar surface area (TPSA) is 67.9 Å². The van der Waals surface area contributed by atoms with Crippen LogP contribution in [-0.4, -0.2) is 52.1 Å². The van der Waals surface area contributed by atoms with E-state index in [2.05, 4.69) is 5.32 Å². The van der Waals surface area contributed by atoms with Crippen LogP contribution in [0.4, 0.5) is 0 Å². The Bertz CT molecular complexity index is 619. The summed E-state index contributed by atoms with van der Waals surface area (Å²) in [6.07, 6.45) is 1.77. The van der Waals surface area contributed by atoms with Crippen LogP contribution in [0.15, 0.2) is 23.1 Å². The Morgan fingerprint density at radius 2 is 1.91 bits per heavy atom. The van der Waals surface area contributed by atoms with E-state index in [1.807, 2.05) is 20.9 Å². The van der Waals surface area contributed by atoms with Gasteiger partial charge in [-0.2, -0.15) is 4.31 Å². The van der Waals surface area contributed by atoms with E-state index in [1.54, 1.807) is 22.5 Å². The molecule has 1 unspecified atom stereocenters. The van der Waals surface area contributed by atoms with Crippen molar-refractivity contribution in [1.29, 1.82) is 0 Å². The SMILES string of the molecule is CCOc1ccc(S(=O)(=O)N2CCCC2CNC)cc1OCC. The van der Waals surface area contributed by atoms with Gasteiger partial charge in [-0.1, -0.05) is 0 Å². The van der Waals surface area contributed by atoms with E-state index >= 15 is 0 Å². The molecule has 130 valence electrons. The molecule has 0 aromatic heterocycles. The molecule has 6 nitrogen and oxygen atoms in total. The van der Waals surface area contributed by atoms with Crippen molar-refractivity contribution in [2.45, 2.75) is 37.6 Å². The maximum atomic E-state index is 12.9. The molecule has 0 bridgehead atoms. The van der Waals surface area contributed by atoms with Gasteiger partial charge in [-0.25, -0.2) is 8.42 Å². The Kier molecular flexibility index (Phi) is 6.26. The monoisotopic (exact) mass is 342 g/mol. The quantitative estimate of drug-likeness (QED) is 0.781. The van der Waals surface area contributed by atoms with Gasteiger partial charge in [-0.3, -0.25) is 0 Å². The molecule has 1 aromatic carbocycles. The minimum Gasteiger partial charge on any atom is -0.490 e. The molecule has 1 heterocycles. The van der Waals surface area contributed by atoms with Gasteiger partial charge < -0.3 is 14.8 Å². The van der Waals surface area contributed by atoms with Gasteiger partial charge >= 0.3 is 0 Å². The summed E-state index contributed by atoms with van der Waals surface area (Å²) in [6, 6.07) is 4.84. The molecule has 2 rings (SSSR count). The number of nitrogens with one attached hydrogen (secondary N) is 1. The molecule has 23 heavy (non-hydrogen) atoms. The van der Waals surface area contributed by atoms with E-state index in [1.165, 1.54) is 0 Å². The summed E-state index contributed by atoms with van der Waals surface area (Å²) >= 11 is 0. The van der Waals surface area contributed by atoms with E-state index < -0.39 is 10.0 Å². The summed E-state index contributed by atoms with van der Waals surface area (Å²) < 4.78 is 38.5. The maximum Gasteiger partial charge on any atom is 0.243 e. The van der Waals surface area contributed by atoms with Crippen molar-refractivity contribution < 1.29 is 17.9 Å². The van der Waals surface area contributed by atoms with Gasteiger partial charge in [0.25, 0.3) is 0 Å². The summed E-state index contributed by atoms with van der Waals surface area (Å²) in [5.74, 6) is 1.04. The van der Waals surface area contributed by atoms with E-state index in [9.17, 15) is 8.42 Å². The first-order valence-corrected chi connectivity index (χ1v) is 9.54. The van der Waals surface area contributed by atoms with Gasteiger partial charge in [-0.05, 0) is 45.9 Å². The van der Waals surface area contributed by atoms with E-state index in [4.69, 9.17) is 9.47 Å². The van der Waals surface area contributed by atoms with Gasteiger partial charge in [0, 0.05) is 25.2 Å². The highest BCUT2D eigenvalue weighted by molar-refractivity contribution is 7.89. The summed E-state index contributed by atoms with van der Waals surface area (Å²) in [6.45, 7) is 5.92. The highest BCUT2D eigenvalue weighted by Crippen LogP contribution is 2.33. The van der Waals surface area contributed by atoms with Crippen LogP contribution in [0.5, 0.6) is 11.5 Å². The van der Waals surface area contributed by atoms with Crippen LogP contribution in [0.3, 0.4) is 0 Å². The highest BCUT2D eigenvalue weighted by Gasteiger charge is 2.35. The van der Waals surface area contributed by atoms with Crippen LogP contribution in [0.1, 0.15) is 26.7 Å². The summed E-state index contributed by atoms with van der Waals surface area (Å²) in [7, 11) is -1.68. The minimum atomic E-state index is -3.52. The fourth-order valence-electron chi connectivity index (χ4n) is 2.89. The first kappa shape index (κ1) is 18.0. The van der Waals surface area contributed by atoms with Crippen LogP contribution in [0.2, 0.25) is 0 Å². The molecule has 1 atom stereocenters. The molecule has 0 radical (unpaired) electrons. The largest absolute Gasteiger partial charge is 0.490 e. The third-order valence-corrected chi connectivity index (χ3v) is 5.83. The molecule has 1 aliphatic heterocycles. The fraction of sp³-hybridized carbons (Fsp3) is 0.625. The molecule has 1 aliphatic rings. The zero-order valence-electron chi connectivity index (χ0n) is 14.0. The number of sulfonamides is 1. The molecule has 0 spiro atoms. The lowest BCUT2D eigenvalue weighted by atomic mass is 10.2. The summed E-state index contributed by atoms with van der Waals surface area (Å²) in [5, 5.41) is 3.07. The van der Waals surface area contributed by atoms with Gasteiger partial charge in [0.1, 0.15) is 0 Å². The van der Waals surface area contributed by atoms with Crippen LogP contribution in [0, 0.1) is 0 Å². The Labute approximate surface area is 138 Å². The Balaban J connectivity index is 2.33. The molecular weight excluding hydrogens is 316 g/mol. The van der Waals surface area contributed by atoms with Crippen LogP contribution >= 0.6 is 0 Å². The number of ether oxygens (including phenoxy) is 2. The number of nitrogens with zero attached hydrogens (tertiary/aromatic N) is 1. The van der Waals surface area contributed by atoms with Crippen molar-refractivity contribution in [3.05, 3.63) is 18.2 Å². The van der Waals surface area contributed by atoms with Crippen LogP contribution in [-0.2, 0) is 10.0 Å². The second-order valence-corrected chi connectivity index (χ2v) is 7.33. The van der Waals surface area contributed by atoms with Crippen molar-refractivity contribution in [2.75, 3.05) is 33.4 Å². The van der Waals surface area contributed by atoms with Gasteiger partial charge in [-0.15, -0.1) is 0 Å². The highest BCUT2D eigenvalue weighted by atomic mass is 32.2. The third-order valence-electron chi connectivity index (χ3n) is 3.88. The third kappa shape index (κ3) is 3.97. The minimum absolute atomic E-state index is 0.00659. The average Bonchev–Trinajstić information content (AvgIpc) is 2.99. The fourth-order valence-corrected chi connectivity index (χ4v) is 4.60. The van der Waals surface area contributed by atoms with Crippen molar-refractivity contribution in [3.8, 4) is 11.5 Å². The number of benzene rings is 1. The standard InChI is InChI=1S/C16H26N2O4S/c1-4-21-15-9-8-14(11-16(15)22-5-2)23(19,20)18-10-6-7-13(18)12-17-3/h8-9,11,13,17H,4-7,10,12H2,1-3H3. The molecule has 1 N–H and O–H groups in total. The van der Waals surface area contributed by atoms with Crippen molar-refractivity contribution in [3.63, 3.8) is 0 Å². The van der Waals surface area contributed by atoms with Gasteiger partial charge in [0.15, 0.2) is 11.5 Å². The lowest BCUT2D eigenvalue weighted by molar-refractivity contribution is 0.286. The van der Waals surface area contributed by atoms with Gasteiger partial charge in [0.2, 0.25) is 10.0 Å². The maximum absolute atomic E-state index is 12.9. The first-order valence-electron chi connectivity index (χ1n) is 8.10. The smallest absolute Gasteiger partial charge is 0.243 e. The normalized spacial score (nSPS) is 19.0. The summed E-state index contributed by atoms with van der Waals surface area (Å²) in [5.41, 5.74) is 0. The number of likely N-dealkylation sites (N-methyl/N-ethyl adjacent to an activating group) is 1. The average molecular weight is 342 g/mol. The Hall–Kier alpha value is -1.31. The zero-order valence-corrected chi connectivity index (χ0v) is 14.9. The molecule has 7 heteroatoms. The molecule has 1 fully saturated rings. The van der Waals surface area contributed by atoms with E-state index in [-0.39, 0.29) is 10.9 Å². The molecule has 0 saturated carbocycles. The molecule has 1 saturated heterocycles. The predicted molar refractivity (Wildman–Crippen MR) is 89.6 cm³/mol. The summed E-state index contributed by atoms with van der Waals surface area (Å²) in [4.78, 5) is 0.257. The second kappa shape index (κ2) is 7.99. The van der Waals surface area contributed by atoms with Crippen molar-refractivity contribution in [2.24, 2.45) is 0 Å². The number of hydrogen-bond acceptors (Lipinski definition) is 5. The first-order chi connectivity index (χ1) is 11.0. The van der Waals surface area contributed by atoms with E-state index in [0.29, 0.717) is 37.8 Å². The van der Waals surface area contributed by atoms with E-state index in [0.717, 1.165) is 12.8 Å². The molecular formula is C16H26N2O4S.